The minimum Gasteiger partial charge on any atom is -0.480 e. The van der Waals surface area contributed by atoms with Crippen molar-refractivity contribution in [2.24, 2.45) is 0 Å². The molecule has 0 saturated heterocycles. The molecule has 3 N–H and O–H groups in total. The first-order valence-corrected chi connectivity index (χ1v) is 9.86. The summed E-state index contributed by atoms with van der Waals surface area (Å²) in [5, 5.41) is 6.61. The number of anilines is 3. The van der Waals surface area contributed by atoms with Crippen molar-refractivity contribution in [3.63, 3.8) is 0 Å². The summed E-state index contributed by atoms with van der Waals surface area (Å²) in [6, 6.07) is 5.52. The lowest BCUT2D eigenvalue weighted by atomic mass is 10.1. The number of fused-ring (bicyclic) bond motifs is 1. The van der Waals surface area contributed by atoms with Gasteiger partial charge in [-0.2, -0.15) is 4.98 Å². The zero-order chi connectivity index (χ0) is 21.1. The smallest absolute Gasteiger partial charge is 0.252 e. The second-order valence-electron chi connectivity index (χ2n) is 7.03. The summed E-state index contributed by atoms with van der Waals surface area (Å²) in [5.74, 6) is 1.25. The van der Waals surface area contributed by atoms with Gasteiger partial charge in [0.05, 0.1) is 19.0 Å². The summed E-state index contributed by atoms with van der Waals surface area (Å²) in [4.78, 5) is 30.1. The van der Waals surface area contributed by atoms with Gasteiger partial charge >= 0.3 is 0 Å². The molecule has 156 valence electrons. The number of nitrogens with zero attached hydrogens (tertiary/aromatic N) is 4. The van der Waals surface area contributed by atoms with Gasteiger partial charge in [-0.05, 0) is 24.7 Å². The Hall–Kier alpha value is -3.17. The van der Waals surface area contributed by atoms with Crippen LogP contribution < -0.4 is 20.9 Å². The van der Waals surface area contributed by atoms with Crippen LogP contribution in [0.15, 0.2) is 35.4 Å². The molecule has 3 aromatic heterocycles. The molecule has 1 aliphatic rings. The number of pyridine rings is 2. The van der Waals surface area contributed by atoms with Gasteiger partial charge in [0.2, 0.25) is 11.8 Å². The van der Waals surface area contributed by atoms with Crippen molar-refractivity contribution in [3.8, 4) is 5.88 Å². The molecule has 0 radical (unpaired) electrons. The number of likely N-dealkylation sites (N-methyl/N-ethyl adjacent to an activating group) is 1. The Labute approximate surface area is 178 Å². The van der Waals surface area contributed by atoms with E-state index in [0.29, 0.717) is 33.9 Å². The summed E-state index contributed by atoms with van der Waals surface area (Å²) in [6.07, 6.45) is 3.97. The van der Waals surface area contributed by atoms with Gasteiger partial charge in [0.25, 0.3) is 5.56 Å². The summed E-state index contributed by atoms with van der Waals surface area (Å²) < 4.78 is 5.46. The Morgan fingerprint density at radius 3 is 3.03 bits per heavy atom. The topological polar surface area (TPSA) is 108 Å². The molecule has 10 heteroatoms. The minimum atomic E-state index is -0.164. The summed E-state index contributed by atoms with van der Waals surface area (Å²) in [5.41, 5.74) is 3.28. The van der Waals surface area contributed by atoms with Crippen LogP contribution in [-0.2, 0) is 19.5 Å². The highest BCUT2D eigenvalue weighted by atomic mass is 35.5. The average molecular weight is 428 g/mol. The molecule has 0 amide bonds. The van der Waals surface area contributed by atoms with Crippen LogP contribution in [0.1, 0.15) is 16.8 Å². The Balaban J connectivity index is 1.56. The molecule has 4 rings (SSSR count). The van der Waals surface area contributed by atoms with Crippen molar-refractivity contribution in [2.75, 3.05) is 31.3 Å². The fourth-order valence-corrected chi connectivity index (χ4v) is 3.44. The number of aromatic amines is 1. The second-order valence-corrected chi connectivity index (χ2v) is 7.44. The van der Waals surface area contributed by atoms with Crippen molar-refractivity contribution in [2.45, 2.75) is 19.5 Å². The maximum Gasteiger partial charge on any atom is 0.252 e. The van der Waals surface area contributed by atoms with E-state index in [1.807, 2.05) is 6.07 Å². The van der Waals surface area contributed by atoms with Gasteiger partial charge in [0.1, 0.15) is 10.7 Å². The Kier molecular flexibility index (Phi) is 5.82. The summed E-state index contributed by atoms with van der Waals surface area (Å²) in [6.45, 7) is 2.07. The SMILES string of the molecule is COc1nc2c(cc1Nc1ncc(Cl)c(NCc3ccc[nH]c3=O)n1)CN(C)CC2. The molecule has 4 heterocycles. The van der Waals surface area contributed by atoms with E-state index in [4.69, 9.17) is 16.3 Å². The van der Waals surface area contributed by atoms with Gasteiger partial charge in [0, 0.05) is 37.8 Å². The van der Waals surface area contributed by atoms with E-state index in [-0.39, 0.29) is 12.1 Å². The first-order chi connectivity index (χ1) is 14.5. The van der Waals surface area contributed by atoms with Crippen molar-refractivity contribution in [3.05, 3.63) is 62.8 Å². The Morgan fingerprint density at radius 2 is 2.23 bits per heavy atom. The molecule has 0 aliphatic carbocycles. The van der Waals surface area contributed by atoms with E-state index in [2.05, 4.69) is 42.5 Å². The van der Waals surface area contributed by atoms with Crippen LogP contribution in [0, 0.1) is 0 Å². The van der Waals surface area contributed by atoms with Crippen LogP contribution in [0.3, 0.4) is 0 Å². The third kappa shape index (κ3) is 4.37. The summed E-state index contributed by atoms with van der Waals surface area (Å²) >= 11 is 6.23. The Bertz CT molecular complexity index is 1120. The average Bonchev–Trinajstić information content (AvgIpc) is 2.74. The van der Waals surface area contributed by atoms with Gasteiger partial charge in [-0.15, -0.1) is 0 Å². The van der Waals surface area contributed by atoms with Crippen LogP contribution >= 0.6 is 11.6 Å². The predicted molar refractivity (Wildman–Crippen MR) is 116 cm³/mol. The molecule has 0 bridgehead atoms. The quantitative estimate of drug-likeness (QED) is 0.550. The molecule has 0 atom stereocenters. The molecule has 0 fully saturated rings. The number of rotatable bonds is 6. The largest absolute Gasteiger partial charge is 0.480 e. The van der Waals surface area contributed by atoms with Gasteiger partial charge in [0.15, 0.2) is 5.82 Å². The number of hydrogen-bond acceptors (Lipinski definition) is 8. The third-order valence-electron chi connectivity index (χ3n) is 4.86. The van der Waals surface area contributed by atoms with Crippen molar-refractivity contribution >= 4 is 29.1 Å². The van der Waals surface area contributed by atoms with E-state index in [1.165, 1.54) is 6.20 Å². The normalized spacial score (nSPS) is 13.6. The first-order valence-electron chi connectivity index (χ1n) is 9.49. The standard InChI is InChI=1S/C20H22ClN7O2/c1-28-7-5-15-13(11-28)8-16(19(25-15)30-2)26-20-24-10-14(21)17(27-20)23-9-12-4-3-6-22-18(12)29/h3-4,6,8,10H,5,7,9,11H2,1-2H3,(H,22,29)(H2,23,24,26,27). The zero-order valence-corrected chi connectivity index (χ0v) is 17.5. The summed E-state index contributed by atoms with van der Waals surface area (Å²) in [7, 11) is 3.67. The highest BCUT2D eigenvalue weighted by molar-refractivity contribution is 6.32. The fourth-order valence-electron chi connectivity index (χ4n) is 3.29. The van der Waals surface area contributed by atoms with Crippen LogP contribution in [0.2, 0.25) is 5.02 Å². The molecule has 9 nitrogen and oxygen atoms in total. The van der Waals surface area contributed by atoms with E-state index >= 15 is 0 Å². The molecule has 1 aliphatic heterocycles. The lowest BCUT2D eigenvalue weighted by molar-refractivity contribution is 0.307. The molecule has 0 spiro atoms. The maximum absolute atomic E-state index is 11.8. The Morgan fingerprint density at radius 1 is 1.37 bits per heavy atom. The number of aromatic nitrogens is 4. The van der Waals surface area contributed by atoms with Crippen molar-refractivity contribution < 1.29 is 4.74 Å². The lowest BCUT2D eigenvalue weighted by Gasteiger charge is -2.25. The van der Waals surface area contributed by atoms with Gasteiger partial charge < -0.3 is 25.3 Å². The number of H-pyrrole nitrogens is 1. The minimum absolute atomic E-state index is 0.164. The molecule has 0 unspecified atom stereocenters. The van der Waals surface area contributed by atoms with Gasteiger partial charge in [-0.1, -0.05) is 17.7 Å². The van der Waals surface area contributed by atoms with Crippen LogP contribution in [0.25, 0.3) is 0 Å². The first kappa shape index (κ1) is 20.1. The maximum atomic E-state index is 11.8. The van der Waals surface area contributed by atoms with Crippen LogP contribution in [-0.4, -0.2) is 45.5 Å². The van der Waals surface area contributed by atoms with E-state index in [1.54, 1.807) is 25.4 Å². The molecule has 30 heavy (non-hydrogen) atoms. The lowest BCUT2D eigenvalue weighted by Crippen LogP contribution is -2.27. The van der Waals surface area contributed by atoms with Gasteiger partial charge in [-0.3, -0.25) is 4.79 Å². The van der Waals surface area contributed by atoms with Crippen LogP contribution in [0.5, 0.6) is 5.88 Å². The van der Waals surface area contributed by atoms with Gasteiger partial charge in [-0.25, -0.2) is 9.97 Å². The highest BCUT2D eigenvalue weighted by Crippen LogP contribution is 2.30. The number of nitrogens with one attached hydrogen (secondary N) is 3. The van der Waals surface area contributed by atoms with E-state index in [0.717, 1.165) is 30.8 Å². The second kappa shape index (κ2) is 8.68. The number of methoxy groups -OCH3 is 1. The molecular weight excluding hydrogens is 406 g/mol. The number of hydrogen-bond donors (Lipinski definition) is 3. The van der Waals surface area contributed by atoms with Crippen molar-refractivity contribution in [1.29, 1.82) is 0 Å². The molecule has 0 saturated carbocycles. The highest BCUT2D eigenvalue weighted by Gasteiger charge is 2.19. The molecular formula is C20H22ClN7O2. The molecule has 0 aromatic carbocycles. The van der Waals surface area contributed by atoms with E-state index in [9.17, 15) is 4.79 Å². The fraction of sp³-hybridized carbons (Fsp3) is 0.300. The number of halogens is 1. The molecule has 3 aromatic rings. The van der Waals surface area contributed by atoms with Crippen molar-refractivity contribution in [1.82, 2.24) is 24.8 Å². The predicted octanol–water partition coefficient (Wildman–Crippen LogP) is 2.57. The van der Waals surface area contributed by atoms with Crippen LogP contribution in [0.4, 0.5) is 17.5 Å². The van der Waals surface area contributed by atoms with E-state index < -0.39 is 0 Å². The third-order valence-corrected chi connectivity index (χ3v) is 5.13. The monoisotopic (exact) mass is 427 g/mol. The number of ether oxygens (including phenoxy) is 1. The zero-order valence-electron chi connectivity index (χ0n) is 16.7.